The molecule has 1 atom stereocenters. The molecule has 0 bridgehead atoms. The van der Waals surface area contributed by atoms with Gasteiger partial charge in [0.15, 0.2) is 0 Å². The Hall–Kier alpha value is -3.69. The lowest BCUT2D eigenvalue weighted by Crippen LogP contribution is -2.44. The fourth-order valence-corrected chi connectivity index (χ4v) is 5.78. The van der Waals surface area contributed by atoms with Crippen molar-refractivity contribution in [3.8, 4) is 5.75 Å². The van der Waals surface area contributed by atoms with E-state index >= 15 is 0 Å². The van der Waals surface area contributed by atoms with Crippen LogP contribution >= 0.6 is 0 Å². The second-order valence-electron chi connectivity index (χ2n) is 10.9. The molecule has 0 unspecified atom stereocenters. The first kappa shape index (κ1) is 30.3. The van der Waals surface area contributed by atoms with Crippen molar-refractivity contribution in [1.29, 1.82) is 0 Å². The Morgan fingerprint density at radius 1 is 0.927 bits per heavy atom. The van der Waals surface area contributed by atoms with E-state index in [1.54, 1.807) is 36.3 Å². The summed E-state index contributed by atoms with van der Waals surface area (Å²) in [5, 5.41) is 3.02. The van der Waals surface area contributed by atoms with Crippen molar-refractivity contribution in [2.24, 2.45) is 5.92 Å². The molecule has 2 amide bonds. The zero-order valence-electron chi connectivity index (χ0n) is 23.9. The average molecular weight is 578 g/mol. The van der Waals surface area contributed by atoms with Crippen LogP contribution in [0.5, 0.6) is 5.75 Å². The molecule has 1 aliphatic carbocycles. The summed E-state index contributed by atoms with van der Waals surface area (Å²) in [6.45, 7) is 4.78. The number of amides is 2. The predicted octanol–water partition coefficient (Wildman–Crippen LogP) is 4.61. The highest BCUT2D eigenvalue weighted by atomic mass is 32.2. The van der Waals surface area contributed by atoms with Crippen molar-refractivity contribution in [3.05, 3.63) is 95.6 Å². The predicted molar refractivity (Wildman–Crippen MR) is 159 cm³/mol. The summed E-state index contributed by atoms with van der Waals surface area (Å²) in [6.07, 6.45) is 2.30. The second kappa shape index (κ2) is 13.8. The lowest BCUT2D eigenvalue weighted by Gasteiger charge is -2.32. The molecule has 0 radical (unpaired) electrons. The number of nitrogens with one attached hydrogen (secondary N) is 2. The lowest BCUT2D eigenvalue weighted by molar-refractivity contribution is -0.141. The van der Waals surface area contributed by atoms with Crippen molar-refractivity contribution in [1.82, 2.24) is 14.9 Å². The summed E-state index contributed by atoms with van der Waals surface area (Å²) in [4.78, 5) is 29.3. The van der Waals surface area contributed by atoms with E-state index in [9.17, 15) is 18.0 Å². The van der Waals surface area contributed by atoms with Crippen LogP contribution in [0.15, 0.2) is 83.8 Å². The van der Waals surface area contributed by atoms with Gasteiger partial charge < -0.3 is 15.0 Å². The van der Waals surface area contributed by atoms with Gasteiger partial charge in [0.2, 0.25) is 21.8 Å². The first-order valence-corrected chi connectivity index (χ1v) is 15.5. The third kappa shape index (κ3) is 8.65. The number of ether oxygens (including phenoxy) is 1. The van der Waals surface area contributed by atoms with E-state index in [4.69, 9.17) is 4.74 Å². The van der Waals surface area contributed by atoms with Gasteiger partial charge in [0.05, 0.1) is 12.0 Å². The summed E-state index contributed by atoms with van der Waals surface area (Å²) in [7, 11) is -1.94. The van der Waals surface area contributed by atoms with Crippen molar-refractivity contribution < 1.29 is 22.7 Å². The van der Waals surface area contributed by atoms with Crippen LogP contribution in [0.4, 0.5) is 0 Å². The zero-order chi connectivity index (χ0) is 29.4. The average Bonchev–Trinajstić information content (AvgIpc) is 3.79. The van der Waals surface area contributed by atoms with Gasteiger partial charge >= 0.3 is 0 Å². The van der Waals surface area contributed by atoms with E-state index in [0.29, 0.717) is 18.7 Å². The molecule has 4 rings (SSSR count). The minimum absolute atomic E-state index is 0.0317. The molecule has 1 saturated carbocycles. The number of nitrogens with zero attached hydrogens (tertiary/aromatic N) is 1. The van der Waals surface area contributed by atoms with Gasteiger partial charge in [0, 0.05) is 25.6 Å². The minimum Gasteiger partial charge on any atom is -0.497 e. The van der Waals surface area contributed by atoms with Crippen molar-refractivity contribution in [2.45, 2.75) is 63.1 Å². The van der Waals surface area contributed by atoms with Crippen LogP contribution in [0.1, 0.15) is 55.8 Å². The number of rotatable bonds is 14. The van der Waals surface area contributed by atoms with Crippen LogP contribution in [0.2, 0.25) is 0 Å². The number of benzene rings is 3. The van der Waals surface area contributed by atoms with Crippen LogP contribution in [-0.2, 0) is 32.6 Å². The normalized spacial score (nSPS) is 14.0. The lowest BCUT2D eigenvalue weighted by atomic mass is 10.0. The maximum Gasteiger partial charge on any atom is 0.247 e. The SMILES string of the molecule is COc1ccc(CN(C(=O)CCc2ccc(S(=O)(=O)NC3CC3)cc2)[C@H](C(=O)NCC(C)C)c2ccccc2)cc1. The molecule has 9 heteroatoms. The number of aryl methyl sites for hydroxylation is 1. The fourth-order valence-electron chi connectivity index (χ4n) is 4.48. The molecule has 8 nitrogen and oxygen atoms in total. The molecule has 0 spiro atoms. The van der Waals surface area contributed by atoms with Gasteiger partial charge in [-0.2, -0.15) is 0 Å². The van der Waals surface area contributed by atoms with E-state index < -0.39 is 16.1 Å². The van der Waals surface area contributed by atoms with Crippen molar-refractivity contribution in [3.63, 3.8) is 0 Å². The number of hydrogen-bond donors (Lipinski definition) is 2. The van der Waals surface area contributed by atoms with Crippen LogP contribution in [0, 0.1) is 5.92 Å². The molecule has 1 fully saturated rings. The van der Waals surface area contributed by atoms with Gasteiger partial charge in [-0.1, -0.05) is 68.4 Å². The van der Waals surface area contributed by atoms with Crippen molar-refractivity contribution >= 4 is 21.8 Å². The van der Waals surface area contributed by atoms with E-state index in [-0.39, 0.29) is 41.6 Å². The first-order valence-electron chi connectivity index (χ1n) is 14.0. The van der Waals surface area contributed by atoms with Gasteiger partial charge in [-0.3, -0.25) is 9.59 Å². The van der Waals surface area contributed by atoms with E-state index in [1.165, 1.54) is 0 Å². The molecule has 3 aromatic rings. The fraction of sp³-hybridized carbons (Fsp3) is 0.375. The summed E-state index contributed by atoms with van der Waals surface area (Å²) in [5.41, 5.74) is 2.44. The molecule has 0 aliphatic heterocycles. The van der Waals surface area contributed by atoms with E-state index in [0.717, 1.165) is 29.5 Å². The van der Waals surface area contributed by atoms with Gasteiger partial charge in [-0.05, 0) is 66.1 Å². The largest absolute Gasteiger partial charge is 0.497 e. The summed E-state index contributed by atoms with van der Waals surface area (Å²) < 4.78 is 33.0. The molecular weight excluding hydrogens is 538 g/mol. The highest BCUT2D eigenvalue weighted by molar-refractivity contribution is 7.89. The third-order valence-corrected chi connectivity index (χ3v) is 8.49. The van der Waals surface area contributed by atoms with Gasteiger partial charge in [-0.15, -0.1) is 0 Å². The summed E-state index contributed by atoms with van der Waals surface area (Å²) in [5.74, 6) is 0.553. The highest BCUT2D eigenvalue weighted by Crippen LogP contribution is 2.26. The van der Waals surface area contributed by atoms with Gasteiger partial charge in [0.1, 0.15) is 11.8 Å². The molecule has 0 saturated heterocycles. The highest BCUT2D eigenvalue weighted by Gasteiger charge is 2.31. The van der Waals surface area contributed by atoms with Crippen LogP contribution in [0.3, 0.4) is 0 Å². The maximum atomic E-state index is 13.9. The summed E-state index contributed by atoms with van der Waals surface area (Å²) in [6, 6.07) is 22.6. The quantitative estimate of drug-likeness (QED) is 0.291. The Balaban J connectivity index is 1.56. The van der Waals surface area contributed by atoms with Crippen LogP contribution < -0.4 is 14.8 Å². The number of methoxy groups -OCH3 is 1. The number of sulfonamides is 1. The molecule has 1 aliphatic rings. The topological polar surface area (TPSA) is 105 Å². The third-order valence-electron chi connectivity index (χ3n) is 6.95. The number of carbonyl (C=O) groups is 2. The Kier molecular flexibility index (Phi) is 10.2. The van der Waals surface area contributed by atoms with Gasteiger partial charge in [-0.25, -0.2) is 13.1 Å². The number of carbonyl (C=O) groups excluding carboxylic acids is 2. The first-order chi connectivity index (χ1) is 19.7. The molecule has 0 aromatic heterocycles. The molecule has 218 valence electrons. The molecular formula is C32H39N3O5S. The molecule has 0 heterocycles. The van der Waals surface area contributed by atoms with Crippen molar-refractivity contribution in [2.75, 3.05) is 13.7 Å². The Labute approximate surface area is 243 Å². The molecule has 41 heavy (non-hydrogen) atoms. The van der Waals surface area contributed by atoms with Crippen LogP contribution in [0.25, 0.3) is 0 Å². The minimum atomic E-state index is -3.54. The van der Waals surface area contributed by atoms with Gasteiger partial charge in [0.25, 0.3) is 0 Å². The number of hydrogen-bond acceptors (Lipinski definition) is 5. The maximum absolute atomic E-state index is 13.9. The summed E-state index contributed by atoms with van der Waals surface area (Å²) >= 11 is 0. The van der Waals surface area contributed by atoms with E-state index in [2.05, 4.69) is 10.0 Å². The molecule has 2 N–H and O–H groups in total. The van der Waals surface area contributed by atoms with E-state index in [1.807, 2.05) is 68.4 Å². The molecule has 3 aromatic carbocycles. The smallest absolute Gasteiger partial charge is 0.247 e. The van der Waals surface area contributed by atoms with Crippen LogP contribution in [-0.4, -0.2) is 44.8 Å². The second-order valence-corrected chi connectivity index (χ2v) is 12.6. The monoisotopic (exact) mass is 577 g/mol. The Morgan fingerprint density at radius 2 is 1.56 bits per heavy atom. The zero-order valence-corrected chi connectivity index (χ0v) is 24.7. The Morgan fingerprint density at radius 3 is 2.15 bits per heavy atom. The standard InChI is InChI=1S/C32H39N3O5S/c1-23(2)21-33-32(37)31(26-7-5-4-6-8-26)35(22-25-9-16-28(40-3)17-10-25)30(36)20-13-24-11-18-29(19-12-24)41(38,39)34-27-14-15-27/h4-12,16-19,23,27,31,34H,13-15,20-22H2,1-3H3,(H,33,37)/t31-/m0/s1. The Bertz CT molecular complexity index is 1400.